The average molecular weight is 208 g/mol. The highest BCUT2D eigenvalue weighted by atomic mass is 16.5. The van der Waals surface area contributed by atoms with E-state index in [1.807, 2.05) is 19.1 Å². The Balaban J connectivity index is 2.38. The molecule has 0 heterocycles. The minimum Gasteiger partial charge on any atom is -0.504 e. The lowest BCUT2D eigenvalue weighted by Crippen LogP contribution is -2.22. The van der Waals surface area contributed by atoms with E-state index in [1.165, 1.54) is 7.11 Å². The summed E-state index contributed by atoms with van der Waals surface area (Å²) >= 11 is 0. The van der Waals surface area contributed by atoms with E-state index in [-0.39, 0.29) is 17.3 Å². The highest BCUT2D eigenvalue weighted by Gasteiger charge is 2.48. The summed E-state index contributed by atoms with van der Waals surface area (Å²) in [6, 6.07) is 5.29. The number of rotatable bonds is 3. The summed E-state index contributed by atoms with van der Waals surface area (Å²) in [5.74, 6) is 0.613. The van der Waals surface area contributed by atoms with Crippen LogP contribution in [0.2, 0.25) is 0 Å². The molecule has 1 aliphatic carbocycles. The predicted octanol–water partition coefficient (Wildman–Crippen LogP) is 1.81. The third kappa shape index (κ3) is 1.57. The summed E-state index contributed by atoms with van der Waals surface area (Å²) in [6.07, 6.45) is 1.64. The molecule has 0 radical (unpaired) electrons. The molecule has 0 spiro atoms. The number of phenols is 1. The maximum absolute atomic E-state index is 9.73. The molecule has 1 aromatic carbocycles. The number of aromatic hydroxyl groups is 1. The van der Waals surface area contributed by atoms with Gasteiger partial charge in [-0.3, -0.25) is 0 Å². The SMILES string of the molecule is COc1cc(C2(C(C)O)CC2)ccc1O. The van der Waals surface area contributed by atoms with Gasteiger partial charge in [0, 0.05) is 5.41 Å². The number of hydrogen-bond donors (Lipinski definition) is 2. The Bertz CT molecular complexity index is 367. The van der Waals surface area contributed by atoms with Gasteiger partial charge in [-0.25, -0.2) is 0 Å². The lowest BCUT2D eigenvalue weighted by atomic mass is 9.90. The van der Waals surface area contributed by atoms with Gasteiger partial charge in [0.15, 0.2) is 11.5 Å². The van der Waals surface area contributed by atoms with Gasteiger partial charge in [-0.1, -0.05) is 6.07 Å². The van der Waals surface area contributed by atoms with Crippen LogP contribution in [0, 0.1) is 0 Å². The van der Waals surface area contributed by atoms with Crippen molar-refractivity contribution >= 4 is 0 Å². The van der Waals surface area contributed by atoms with Crippen LogP contribution in [0.1, 0.15) is 25.3 Å². The van der Waals surface area contributed by atoms with Crippen LogP contribution in [-0.4, -0.2) is 23.4 Å². The van der Waals surface area contributed by atoms with E-state index in [4.69, 9.17) is 4.74 Å². The molecule has 0 aromatic heterocycles. The molecular formula is C12H16O3. The number of methoxy groups -OCH3 is 1. The Labute approximate surface area is 89.3 Å². The first-order chi connectivity index (χ1) is 7.10. The van der Waals surface area contributed by atoms with E-state index in [9.17, 15) is 10.2 Å². The van der Waals surface area contributed by atoms with Crippen LogP contribution in [-0.2, 0) is 5.41 Å². The predicted molar refractivity (Wildman–Crippen MR) is 57.3 cm³/mol. The smallest absolute Gasteiger partial charge is 0.160 e. The van der Waals surface area contributed by atoms with E-state index in [2.05, 4.69) is 0 Å². The third-order valence-electron chi connectivity index (χ3n) is 3.34. The molecule has 82 valence electrons. The maximum Gasteiger partial charge on any atom is 0.160 e. The molecule has 2 rings (SSSR count). The third-order valence-corrected chi connectivity index (χ3v) is 3.34. The van der Waals surface area contributed by atoms with Crippen molar-refractivity contribution in [1.29, 1.82) is 0 Å². The quantitative estimate of drug-likeness (QED) is 0.796. The average Bonchev–Trinajstić information content (AvgIpc) is 2.99. The van der Waals surface area contributed by atoms with Gasteiger partial charge in [0.25, 0.3) is 0 Å². The number of phenolic OH excluding ortho intramolecular Hbond substituents is 1. The van der Waals surface area contributed by atoms with Gasteiger partial charge in [0.05, 0.1) is 13.2 Å². The summed E-state index contributed by atoms with van der Waals surface area (Å²) in [7, 11) is 1.53. The van der Waals surface area contributed by atoms with Crippen LogP contribution >= 0.6 is 0 Å². The van der Waals surface area contributed by atoms with Gasteiger partial charge in [-0.15, -0.1) is 0 Å². The Morgan fingerprint density at radius 3 is 2.53 bits per heavy atom. The van der Waals surface area contributed by atoms with Gasteiger partial charge < -0.3 is 14.9 Å². The van der Waals surface area contributed by atoms with Crippen LogP contribution in [0.3, 0.4) is 0 Å². The van der Waals surface area contributed by atoms with Gasteiger partial charge in [0.2, 0.25) is 0 Å². The zero-order valence-electron chi connectivity index (χ0n) is 9.03. The summed E-state index contributed by atoms with van der Waals surface area (Å²) in [5, 5.41) is 19.2. The van der Waals surface area contributed by atoms with Gasteiger partial charge >= 0.3 is 0 Å². The van der Waals surface area contributed by atoms with E-state index in [0.717, 1.165) is 18.4 Å². The molecule has 1 saturated carbocycles. The number of ether oxygens (including phenoxy) is 1. The molecule has 0 saturated heterocycles. The summed E-state index contributed by atoms with van der Waals surface area (Å²) in [6.45, 7) is 1.81. The molecule has 1 aliphatic rings. The summed E-state index contributed by atoms with van der Waals surface area (Å²) in [4.78, 5) is 0. The molecule has 1 aromatic rings. The first-order valence-corrected chi connectivity index (χ1v) is 5.16. The van der Waals surface area contributed by atoms with E-state index in [1.54, 1.807) is 6.07 Å². The first kappa shape index (κ1) is 10.3. The van der Waals surface area contributed by atoms with Crippen molar-refractivity contribution in [2.24, 2.45) is 0 Å². The second kappa shape index (κ2) is 3.42. The fraction of sp³-hybridized carbons (Fsp3) is 0.500. The highest BCUT2D eigenvalue weighted by Crippen LogP contribution is 2.52. The molecule has 0 amide bonds. The summed E-state index contributed by atoms with van der Waals surface area (Å²) in [5.41, 5.74) is 0.938. The number of aliphatic hydroxyl groups is 1. The van der Waals surface area contributed by atoms with Crippen LogP contribution in [0.15, 0.2) is 18.2 Å². The molecular weight excluding hydrogens is 192 g/mol. The molecule has 1 fully saturated rings. The first-order valence-electron chi connectivity index (χ1n) is 5.16. The fourth-order valence-corrected chi connectivity index (χ4v) is 2.07. The molecule has 15 heavy (non-hydrogen) atoms. The molecule has 3 nitrogen and oxygen atoms in total. The zero-order chi connectivity index (χ0) is 11.1. The minimum atomic E-state index is -0.355. The van der Waals surface area contributed by atoms with Gasteiger partial charge in [-0.2, -0.15) is 0 Å². The lowest BCUT2D eigenvalue weighted by molar-refractivity contribution is 0.150. The lowest BCUT2D eigenvalue weighted by Gasteiger charge is -2.19. The van der Waals surface area contributed by atoms with Crippen molar-refractivity contribution in [3.63, 3.8) is 0 Å². The number of hydrogen-bond acceptors (Lipinski definition) is 3. The molecule has 0 aliphatic heterocycles. The van der Waals surface area contributed by atoms with Crippen LogP contribution in [0.5, 0.6) is 11.5 Å². The van der Waals surface area contributed by atoms with Crippen LogP contribution in [0.25, 0.3) is 0 Å². The van der Waals surface area contributed by atoms with E-state index < -0.39 is 0 Å². The largest absolute Gasteiger partial charge is 0.504 e. The zero-order valence-corrected chi connectivity index (χ0v) is 9.03. The van der Waals surface area contributed by atoms with Crippen LogP contribution < -0.4 is 4.74 Å². The normalized spacial score (nSPS) is 19.7. The van der Waals surface area contributed by atoms with Gasteiger partial charge in [-0.05, 0) is 37.5 Å². The molecule has 1 atom stereocenters. The molecule has 1 unspecified atom stereocenters. The van der Waals surface area contributed by atoms with Crippen molar-refractivity contribution in [3.05, 3.63) is 23.8 Å². The van der Waals surface area contributed by atoms with Crippen molar-refractivity contribution in [1.82, 2.24) is 0 Å². The van der Waals surface area contributed by atoms with E-state index >= 15 is 0 Å². The fourth-order valence-electron chi connectivity index (χ4n) is 2.07. The number of benzene rings is 1. The van der Waals surface area contributed by atoms with Crippen molar-refractivity contribution < 1.29 is 14.9 Å². The summed E-state index contributed by atoms with van der Waals surface area (Å²) < 4.78 is 5.06. The standard InChI is InChI=1S/C12H16O3/c1-8(13)12(5-6-12)9-3-4-10(14)11(7-9)15-2/h3-4,7-8,13-14H,5-6H2,1-2H3. The Hall–Kier alpha value is -1.22. The maximum atomic E-state index is 9.73. The molecule has 0 bridgehead atoms. The second-order valence-electron chi connectivity index (χ2n) is 4.22. The monoisotopic (exact) mass is 208 g/mol. The van der Waals surface area contributed by atoms with Crippen molar-refractivity contribution in [3.8, 4) is 11.5 Å². The van der Waals surface area contributed by atoms with E-state index in [0.29, 0.717) is 5.75 Å². The van der Waals surface area contributed by atoms with Crippen molar-refractivity contribution in [2.45, 2.75) is 31.3 Å². The molecule has 3 heteroatoms. The molecule has 2 N–H and O–H groups in total. The Morgan fingerprint density at radius 2 is 2.07 bits per heavy atom. The van der Waals surface area contributed by atoms with Crippen molar-refractivity contribution in [2.75, 3.05) is 7.11 Å². The highest BCUT2D eigenvalue weighted by molar-refractivity contribution is 5.46. The van der Waals surface area contributed by atoms with Crippen LogP contribution in [0.4, 0.5) is 0 Å². The minimum absolute atomic E-state index is 0.110. The van der Waals surface area contributed by atoms with Gasteiger partial charge in [0.1, 0.15) is 0 Å². The Kier molecular flexibility index (Phi) is 2.35. The second-order valence-corrected chi connectivity index (χ2v) is 4.22. The Morgan fingerprint density at radius 1 is 1.40 bits per heavy atom. The number of aliphatic hydroxyl groups excluding tert-OH is 1. The topological polar surface area (TPSA) is 49.7 Å².